The van der Waals surface area contributed by atoms with Crippen molar-refractivity contribution in [2.75, 3.05) is 6.61 Å². The van der Waals surface area contributed by atoms with Crippen molar-refractivity contribution >= 4 is 22.9 Å². The van der Waals surface area contributed by atoms with E-state index in [9.17, 15) is 5.11 Å². The Balaban J connectivity index is 1.74. The number of aliphatic hydroxyl groups is 1. The van der Waals surface area contributed by atoms with Crippen LogP contribution < -0.4 is 5.73 Å². The molecule has 2 aromatic rings. The van der Waals surface area contributed by atoms with E-state index >= 15 is 0 Å². The summed E-state index contributed by atoms with van der Waals surface area (Å²) in [5, 5.41) is 10.5. The van der Waals surface area contributed by atoms with Gasteiger partial charge in [-0.15, -0.1) is 0 Å². The van der Waals surface area contributed by atoms with Crippen LogP contribution in [0.5, 0.6) is 0 Å². The summed E-state index contributed by atoms with van der Waals surface area (Å²) in [5.74, 6) is 0. The second-order valence-corrected chi connectivity index (χ2v) is 6.56. The molecule has 1 aromatic carbocycles. The van der Waals surface area contributed by atoms with Crippen LogP contribution in [0, 0.1) is 0 Å². The first kappa shape index (κ1) is 13.0. The molecule has 0 radical (unpaired) electrons. The van der Waals surface area contributed by atoms with Crippen LogP contribution in [0.3, 0.4) is 0 Å². The predicted octanol–water partition coefficient (Wildman–Crippen LogP) is 2.55. The lowest BCUT2D eigenvalue weighted by Crippen LogP contribution is -2.48. The van der Waals surface area contributed by atoms with Crippen LogP contribution in [0.4, 0.5) is 0 Å². The Morgan fingerprint density at radius 3 is 3.11 bits per heavy atom. The fraction of sp³-hybridized carbons (Fsp3) is 0.500. The van der Waals surface area contributed by atoms with Crippen molar-refractivity contribution in [2.24, 2.45) is 5.73 Å². The van der Waals surface area contributed by atoms with Crippen molar-refractivity contribution in [3.63, 3.8) is 0 Å². The zero-order valence-electron chi connectivity index (χ0n) is 10.7. The highest BCUT2D eigenvalue weighted by Crippen LogP contribution is 2.37. The Labute approximate surface area is 116 Å². The van der Waals surface area contributed by atoms with Crippen molar-refractivity contribution in [2.45, 2.75) is 41.7 Å². The van der Waals surface area contributed by atoms with Gasteiger partial charge in [0.15, 0.2) is 5.58 Å². The maximum Gasteiger partial charge on any atom is 0.257 e. The summed E-state index contributed by atoms with van der Waals surface area (Å²) in [6, 6.07) is 7.77. The summed E-state index contributed by atoms with van der Waals surface area (Å²) in [7, 11) is 0. The quantitative estimate of drug-likeness (QED) is 0.902. The lowest BCUT2D eigenvalue weighted by Gasteiger charge is -2.35. The number of rotatable bonds is 3. The molecule has 1 heterocycles. The number of nitrogens with two attached hydrogens (primary N) is 1. The molecule has 3 rings (SSSR count). The number of benzene rings is 1. The first-order valence-electron chi connectivity index (χ1n) is 6.60. The SMILES string of the molecule is NC1(CO)CCCC(Sc2nc3ccccc3o2)C1. The topological polar surface area (TPSA) is 72.3 Å². The van der Waals surface area contributed by atoms with E-state index < -0.39 is 5.54 Å². The number of fused-ring (bicyclic) bond motifs is 1. The van der Waals surface area contributed by atoms with Crippen molar-refractivity contribution < 1.29 is 9.52 Å². The highest BCUT2D eigenvalue weighted by molar-refractivity contribution is 7.99. The van der Waals surface area contributed by atoms with Gasteiger partial charge in [0.2, 0.25) is 0 Å². The van der Waals surface area contributed by atoms with Crippen LogP contribution in [0.25, 0.3) is 11.1 Å². The maximum atomic E-state index is 9.38. The van der Waals surface area contributed by atoms with Crippen molar-refractivity contribution in [3.05, 3.63) is 24.3 Å². The largest absolute Gasteiger partial charge is 0.431 e. The first-order valence-corrected chi connectivity index (χ1v) is 7.48. The van der Waals surface area contributed by atoms with Crippen molar-refractivity contribution in [3.8, 4) is 0 Å². The van der Waals surface area contributed by atoms with Gasteiger partial charge in [-0.05, 0) is 31.4 Å². The molecule has 1 aromatic heterocycles. The van der Waals surface area contributed by atoms with Gasteiger partial charge in [-0.1, -0.05) is 30.3 Å². The average molecular weight is 278 g/mol. The molecule has 0 bridgehead atoms. The molecule has 5 heteroatoms. The highest BCUT2D eigenvalue weighted by atomic mass is 32.2. The third kappa shape index (κ3) is 2.78. The zero-order chi connectivity index (χ0) is 13.3. The second kappa shape index (κ2) is 5.15. The van der Waals surface area contributed by atoms with Crippen molar-refractivity contribution in [1.29, 1.82) is 0 Å². The Morgan fingerprint density at radius 2 is 2.32 bits per heavy atom. The summed E-state index contributed by atoms with van der Waals surface area (Å²) in [4.78, 5) is 4.47. The Hall–Kier alpha value is -1.04. The van der Waals surface area contributed by atoms with E-state index in [0.717, 1.165) is 36.8 Å². The normalized spacial score (nSPS) is 27.8. The van der Waals surface area contributed by atoms with E-state index in [1.165, 1.54) is 0 Å². The minimum absolute atomic E-state index is 0.0532. The van der Waals surface area contributed by atoms with Crippen LogP contribution >= 0.6 is 11.8 Å². The van der Waals surface area contributed by atoms with E-state index in [4.69, 9.17) is 10.2 Å². The molecule has 19 heavy (non-hydrogen) atoms. The standard InChI is InChI=1S/C14H18N2O2S/c15-14(9-17)7-3-4-10(8-14)19-13-16-11-5-1-2-6-12(11)18-13/h1-2,5-6,10,17H,3-4,7-9,15H2. The molecule has 1 fully saturated rings. The molecule has 2 atom stereocenters. The van der Waals surface area contributed by atoms with Gasteiger partial charge in [-0.2, -0.15) is 0 Å². The van der Waals surface area contributed by atoms with Gasteiger partial charge in [0.25, 0.3) is 5.22 Å². The number of hydrogen-bond acceptors (Lipinski definition) is 5. The minimum atomic E-state index is -0.429. The van der Waals surface area contributed by atoms with Crippen molar-refractivity contribution in [1.82, 2.24) is 4.98 Å². The fourth-order valence-electron chi connectivity index (χ4n) is 2.63. The highest BCUT2D eigenvalue weighted by Gasteiger charge is 2.33. The molecule has 102 valence electrons. The average Bonchev–Trinajstić information content (AvgIpc) is 2.81. The van der Waals surface area contributed by atoms with Gasteiger partial charge in [-0.25, -0.2) is 4.98 Å². The van der Waals surface area contributed by atoms with E-state index in [1.807, 2.05) is 24.3 Å². The third-order valence-electron chi connectivity index (χ3n) is 3.69. The lowest BCUT2D eigenvalue weighted by atomic mass is 9.83. The van der Waals surface area contributed by atoms with Crippen LogP contribution in [0.15, 0.2) is 33.9 Å². The molecule has 0 saturated heterocycles. The molecular weight excluding hydrogens is 260 g/mol. The van der Waals surface area contributed by atoms with E-state index in [1.54, 1.807) is 11.8 Å². The Bertz CT molecular complexity index is 538. The number of thioether (sulfide) groups is 1. The molecule has 1 aliphatic rings. The van der Waals surface area contributed by atoms with Gasteiger partial charge in [0.05, 0.1) is 6.61 Å². The molecule has 4 nitrogen and oxygen atoms in total. The number of oxazole rings is 1. The summed E-state index contributed by atoms with van der Waals surface area (Å²) >= 11 is 1.64. The summed E-state index contributed by atoms with van der Waals surface area (Å²) < 4.78 is 5.72. The Morgan fingerprint density at radius 1 is 1.47 bits per heavy atom. The predicted molar refractivity (Wildman–Crippen MR) is 76.1 cm³/mol. The van der Waals surface area contributed by atoms with Gasteiger partial charge < -0.3 is 15.3 Å². The lowest BCUT2D eigenvalue weighted by molar-refractivity contribution is 0.159. The van der Waals surface area contributed by atoms with E-state index in [-0.39, 0.29) is 6.61 Å². The number of aliphatic hydroxyl groups excluding tert-OH is 1. The van der Waals surface area contributed by atoms with Gasteiger partial charge in [-0.3, -0.25) is 0 Å². The molecular formula is C14H18N2O2S. The van der Waals surface area contributed by atoms with Crippen LogP contribution in [0.2, 0.25) is 0 Å². The summed E-state index contributed by atoms with van der Waals surface area (Å²) in [6.07, 6.45) is 3.86. The van der Waals surface area contributed by atoms with Crippen LogP contribution in [-0.4, -0.2) is 27.5 Å². The maximum absolute atomic E-state index is 9.38. The number of para-hydroxylation sites is 2. The number of nitrogens with zero attached hydrogens (tertiary/aromatic N) is 1. The fourth-order valence-corrected chi connectivity index (χ4v) is 3.90. The molecule has 2 unspecified atom stereocenters. The molecule has 1 saturated carbocycles. The van der Waals surface area contributed by atoms with Crippen LogP contribution in [0.1, 0.15) is 25.7 Å². The number of hydrogen-bond donors (Lipinski definition) is 2. The summed E-state index contributed by atoms with van der Waals surface area (Å²) in [5.41, 5.74) is 7.45. The first-order chi connectivity index (χ1) is 9.18. The summed E-state index contributed by atoms with van der Waals surface area (Å²) in [6.45, 7) is 0.0532. The molecule has 0 amide bonds. The second-order valence-electron chi connectivity index (χ2n) is 5.30. The smallest absolute Gasteiger partial charge is 0.257 e. The van der Waals surface area contributed by atoms with Gasteiger partial charge >= 0.3 is 0 Å². The van der Waals surface area contributed by atoms with Gasteiger partial charge in [0, 0.05) is 10.8 Å². The molecule has 1 aliphatic carbocycles. The molecule has 0 spiro atoms. The van der Waals surface area contributed by atoms with E-state index in [2.05, 4.69) is 4.98 Å². The minimum Gasteiger partial charge on any atom is -0.431 e. The zero-order valence-corrected chi connectivity index (χ0v) is 11.5. The van der Waals surface area contributed by atoms with Crippen LogP contribution in [-0.2, 0) is 0 Å². The van der Waals surface area contributed by atoms with E-state index in [0.29, 0.717) is 10.5 Å². The Kier molecular flexibility index (Phi) is 3.52. The molecule has 3 N–H and O–H groups in total. The molecule has 0 aliphatic heterocycles. The number of aromatic nitrogens is 1. The van der Waals surface area contributed by atoms with Gasteiger partial charge in [0.1, 0.15) is 5.52 Å². The monoisotopic (exact) mass is 278 g/mol. The third-order valence-corrected chi connectivity index (χ3v) is 4.80.